The van der Waals surface area contributed by atoms with Crippen molar-refractivity contribution in [1.29, 1.82) is 0 Å². The van der Waals surface area contributed by atoms with Crippen molar-refractivity contribution in [1.82, 2.24) is 4.98 Å². The zero-order valence-electron chi connectivity index (χ0n) is 11.9. The number of hydrogen-bond donors (Lipinski definition) is 1. The summed E-state index contributed by atoms with van der Waals surface area (Å²) in [6, 6.07) is 6.78. The summed E-state index contributed by atoms with van der Waals surface area (Å²) in [7, 11) is 0. The van der Waals surface area contributed by atoms with Gasteiger partial charge in [0.1, 0.15) is 5.75 Å². The van der Waals surface area contributed by atoms with Crippen LogP contribution in [0.15, 0.2) is 29.6 Å². The lowest BCUT2D eigenvalue weighted by Crippen LogP contribution is -2.24. The topological polar surface area (TPSA) is 70.5 Å². The second kappa shape index (κ2) is 6.10. The highest BCUT2D eigenvalue weighted by Crippen LogP contribution is 2.33. The summed E-state index contributed by atoms with van der Waals surface area (Å²) in [5.41, 5.74) is 1.66. The zero-order chi connectivity index (χ0) is 15.7. The lowest BCUT2D eigenvalue weighted by molar-refractivity contribution is -0.117. The van der Waals surface area contributed by atoms with Crippen molar-refractivity contribution in [3.63, 3.8) is 0 Å². The van der Waals surface area contributed by atoms with Gasteiger partial charge in [0.15, 0.2) is 10.2 Å². The molecule has 5 nitrogen and oxygen atoms in total. The van der Waals surface area contributed by atoms with Gasteiger partial charge in [0.2, 0.25) is 5.91 Å². The van der Waals surface area contributed by atoms with E-state index in [-0.39, 0.29) is 22.0 Å². The van der Waals surface area contributed by atoms with Crippen LogP contribution in [-0.2, 0) is 9.59 Å². The number of hydrogen-bond acceptors (Lipinski definition) is 6. The standard InChI is InChI=1S/C15H14N2O3S2/c1-9(18)22-12-6-14(20)17(7-12)15-16-13(8-21-15)10-2-4-11(19)5-3-10/h2-5,8,12,19H,6-7H2,1H3. The highest BCUT2D eigenvalue weighted by atomic mass is 32.2. The molecular formula is C15H14N2O3S2. The van der Waals surface area contributed by atoms with Gasteiger partial charge in [-0.15, -0.1) is 11.3 Å². The van der Waals surface area contributed by atoms with Crippen molar-refractivity contribution in [3.05, 3.63) is 29.6 Å². The molecule has 7 heteroatoms. The van der Waals surface area contributed by atoms with Gasteiger partial charge in [-0.25, -0.2) is 4.98 Å². The van der Waals surface area contributed by atoms with E-state index < -0.39 is 0 Å². The molecule has 1 fully saturated rings. The van der Waals surface area contributed by atoms with Gasteiger partial charge in [0.25, 0.3) is 0 Å². The second-order valence-corrected chi connectivity index (χ2v) is 7.32. The van der Waals surface area contributed by atoms with Crippen LogP contribution < -0.4 is 4.90 Å². The average molecular weight is 334 g/mol. The number of amides is 1. The van der Waals surface area contributed by atoms with Gasteiger partial charge >= 0.3 is 0 Å². The van der Waals surface area contributed by atoms with Crippen molar-refractivity contribution in [2.24, 2.45) is 0 Å². The number of aromatic hydroxyl groups is 1. The van der Waals surface area contributed by atoms with E-state index in [1.54, 1.807) is 29.2 Å². The Bertz CT molecular complexity index is 712. The van der Waals surface area contributed by atoms with Crippen LogP contribution in [0, 0.1) is 0 Å². The minimum atomic E-state index is 0.00496. The maximum absolute atomic E-state index is 12.1. The normalized spacial score (nSPS) is 18.0. The summed E-state index contributed by atoms with van der Waals surface area (Å²) in [6.45, 7) is 2.04. The number of nitrogens with zero attached hydrogens (tertiary/aromatic N) is 2. The number of phenolic OH excluding ortho intramolecular Hbond substituents is 1. The largest absolute Gasteiger partial charge is 0.508 e. The van der Waals surface area contributed by atoms with Gasteiger partial charge < -0.3 is 5.11 Å². The first-order valence-electron chi connectivity index (χ1n) is 6.75. The van der Waals surface area contributed by atoms with Crippen LogP contribution in [0.2, 0.25) is 0 Å². The maximum atomic E-state index is 12.1. The number of rotatable bonds is 3. The lowest BCUT2D eigenvalue weighted by atomic mass is 10.2. The van der Waals surface area contributed by atoms with E-state index in [0.717, 1.165) is 11.3 Å². The summed E-state index contributed by atoms with van der Waals surface area (Å²) in [5, 5.41) is 11.9. The summed E-state index contributed by atoms with van der Waals surface area (Å²) >= 11 is 2.62. The quantitative estimate of drug-likeness (QED) is 0.934. The molecule has 0 bridgehead atoms. The Morgan fingerprint density at radius 2 is 2.14 bits per heavy atom. The van der Waals surface area contributed by atoms with Crippen LogP contribution in [-0.4, -0.2) is 32.9 Å². The van der Waals surface area contributed by atoms with E-state index >= 15 is 0 Å². The van der Waals surface area contributed by atoms with Gasteiger partial charge in [-0.05, 0) is 24.3 Å². The number of carbonyl (C=O) groups is 2. The smallest absolute Gasteiger partial charge is 0.230 e. The monoisotopic (exact) mass is 334 g/mol. The predicted molar refractivity (Wildman–Crippen MR) is 88.2 cm³/mol. The van der Waals surface area contributed by atoms with E-state index in [9.17, 15) is 14.7 Å². The number of benzene rings is 1. The molecule has 1 N–H and O–H groups in total. The number of phenols is 1. The first-order valence-corrected chi connectivity index (χ1v) is 8.51. The Morgan fingerprint density at radius 1 is 1.41 bits per heavy atom. The molecule has 3 rings (SSSR count). The Balaban J connectivity index is 1.77. The minimum Gasteiger partial charge on any atom is -0.508 e. The third kappa shape index (κ3) is 3.15. The van der Waals surface area contributed by atoms with Crippen molar-refractivity contribution >= 4 is 39.3 Å². The highest BCUT2D eigenvalue weighted by Gasteiger charge is 2.33. The van der Waals surface area contributed by atoms with Crippen molar-refractivity contribution in [2.45, 2.75) is 18.6 Å². The molecule has 22 heavy (non-hydrogen) atoms. The fourth-order valence-electron chi connectivity index (χ4n) is 2.33. The highest BCUT2D eigenvalue weighted by molar-refractivity contribution is 8.14. The van der Waals surface area contributed by atoms with E-state index in [1.165, 1.54) is 30.0 Å². The Morgan fingerprint density at radius 3 is 2.82 bits per heavy atom. The molecule has 0 aliphatic carbocycles. The predicted octanol–water partition coefficient (Wildman–Crippen LogP) is 2.90. The first kappa shape index (κ1) is 15.1. The lowest BCUT2D eigenvalue weighted by Gasteiger charge is -2.12. The van der Waals surface area contributed by atoms with Gasteiger partial charge in [0, 0.05) is 36.1 Å². The van der Waals surface area contributed by atoms with E-state index in [4.69, 9.17) is 0 Å². The molecule has 2 aromatic rings. The molecule has 1 aromatic carbocycles. The maximum Gasteiger partial charge on any atom is 0.230 e. The van der Waals surface area contributed by atoms with E-state index in [1.807, 2.05) is 5.38 Å². The van der Waals surface area contributed by atoms with Gasteiger partial charge in [-0.1, -0.05) is 11.8 Å². The molecule has 1 atom stereocenters. The summed E-state index contributed by atoms with van der Waals surface area (Å²) in [6.07, 6.45) is 0.373. The van der Waals surface area contributed by atoms with Crippen LogP contribution in [0.4, 0.5) is 5.13 Å². The second-order valence-electron chi connectivity index (χ2n) is 5.00. The number of carbonyl (C=O) groups excluding carboxylic acids is 2. The Kier molecular flexibility index (Phi) is 4.17. The Labute approximate surface area is 136 Å². The SMILES string of the molecule is CC(=O)SC1CC(=O)N(c2nc(-c3ccc(O)cc3)cs2)C1. The van der Waals surface area contributed by atoms with Crippen LogP contribution >= 0.6 is 23.1 Å². The summed E-state index contributed by atoms with van der Waals surface area (Å²) in [5.74, 6) is 0.211. The van der Waals surface area contributed by atoms with E-state index in [2.05, 4.69) is 4.98 Å². The Hall–Kier alpha value is -1.86. The number of aromatic nitrogens is 1. The van der Waals surface area contributed by atoms with Crippen molar-refractivity contribution in [3.8, 4) is 17.0 Å². The van der Waals surface area contributed by atoms with Crippen LogP contribution in [0.1, 0.15) is 13.3 Å². The molecule has 1 saturated heterocycles. The third-order valence-corrected chi connectivity index (χ3v) is 5.15. The molecule has 1 aliphatic heterocycles. The first-order chi connectivity index (χ1) is 10.5. The molecule has 0 saturated carbocycles. The average Bonchev–Trinajstić information content (AvgIpc) is 3.06. The number of anilines is 1. The molecule has 2 heterocycles. The van der Waals surface area contributed by atoms with Gasteiger partial charge in [0.05, 0.1) is 5.69 Å². The molecule has 1 aliphatic rings. The third-order valence-electron chi connectivity index (χ3n) is 3.31. The fraction of sp³-hybridized carbons (Fsp3) is 0.267. The van der Waals surface area contributed by atoms with Crippen LogP contribution in [0.25, 0.3) is 11.3 Å². The van der Waals surface area contributed by atoms with Gasteiger partial charge in [-0.2, -0.15) is 0 Å². The summed E-state index contributed by atoms with van der Waals surface area (Å²) < 4.78 is 0. The molecule has 114 valence electrons. The summed E-state index contributed by atoms with van der Waals surface area (Å²) in [4.78, 5) is 29.4. The molecule has 1 amide bonds. The van der Waals surface area contributed by atoms with Crippen molar-refractivity contribution in [2.75, 3.05) is 11.4 Å². The van der Waals surface area contributed by atoms with Crippen LogP contribution in [0.3, 0.4) is 0 Å². The number of thiazole rings is 1. The number of thioether (sulfide) groups is 1. The van der Waals surface area contributed by atoms with Gasteiger partial charge in [-0.3, -0.25) is 14.5 Å². The molecule has 0 spiro atoms. The molecular weight excluding hydrogens is 320 g/mol. The molecule has 1 unspecified atom stereocenters. The van der Waals surface area contributed by atoms with E-state index in [0.29, 0.717) is 18.1 Å². The molecule has 1 aromatic heterocycles. The zero-order valence-corrected chi connectivity index (χ0v) is 13.5. The van der Waals surface area contributed by atoms with Crippen LogP contribution in [0.5, 0.6) is 5.75 Å². The minimum absolute atomic E-state index is 0.00496. The van der Waals surface area contributed by atoms with Crippen molar-refractivity contribution < 1.29 is 14.7 Å². The molecule has 0 radical (unpaired) electrons. The fourth-order valence-corrected chi connectivity index (χ4v) is 4.11.